The van der Waals surface area contributed by atoms with E-state index in [4.69, 9.17) is 9.72 Å². The molecule has 0 fully saturated rings. The van der Waals surface area contributed by atoms with Crippen molar-refractivity contribution < 1.29 is 14.3 Å². The van der Waals surface area contributed by atoms with Crippen LogP contribution in [0, 0.1) is 0 Å². The Hall–Kier alpha value is -3.63. The largest absolute Gasteiger partial charge is 0.482 e. The van der Waals surface area contributed by atoms with Gasteiger partial charge >= 0.3 is 0 Å². The number of rotatable bonds is 6. The lowest BCUT2D eigenvalue weighted by molar-refractivity contribution is -0.123. The number of amides is 2. The molecule has 0 saturated carbocycles. The van der Waals surface area contributed by atoms with E-state index in [2.05, 4.69) is 15.5 Å². The Balaban J connectivity index is 1.38. The number of fused-ring (bicyclic) bond motifs is 1. The lowest BCUT2D eigenvalue weighted by atomic mass is 10.1. The minimum absolute atomic E-state index is 0.120. The van der Waals surface area contributed by atoms with Gasteiger partial charge in [-0.3, -0.25) is 19.8 Å². The fourth-order valence-corrected chi connectivity index (χ4v) is 5.07. The summed E-state index contributed by atoms with van der Waals surface area (Å²) in [7, 11) is 0. The number of carbonyl (C=O) groups excluding carboxylic acids is 2. The Morgan fingerprint density at radius 2 is 1.97 bits per heavy atom. The van der Waals surface area contributed by atoms with Gasteiger partial charge in [0.05, 0.1) is 11.4 Å². The van der Waals surface area contributed by atoms with Crippen LogP contribution in [0.5, 0.6) is 5.75 Å². The van der Waals surface area contributed by atoms with Crippen molar-refractivity contribution in [3.63, 3.8) is 0 Å². The van der Waals surface area contributed by atoms with Crippen molar-refractivity contribution in [2.24, 2.45) is 0 Å². The number of hydrogen-bond donors (Lipinski definition) is 1. The van der Waals surface area contributed by atoms with Gasteiger partial charge in [-0.25, -0.2) is 4.98 Å². The molecule has 0 radical (unpaired) electrons. The van der Waals surface area contributed by atoms with Crippen molar-refractivity contribution in [1.82, 2.24) is 15.2 Å². The summed E-state index contributed by atoms with van der Waals surface area (Å²) >= 11 is 2.88. The summed E-state index contributed by atoms with van der Waals surface area (Å²) in [6.07, 6.45) is 0. The lowest BCUT2D eigenvalue weighted by Gasteiger charge is -2.29. The molecular weight excluding hydrogens is 470 g/mol. The van der Waals surface area contributed by atoms with E-state index < -0.39 is 0 Å². The smallest absolute Gasteiger partial charge is 0.265 e. The van der Waals surface area contributed by atoms with Gasteiger partial charge in [0.2, 0.25) is 11.0 Å². The number of ether oxygens (including phenoxy) is 1. The first-order valence-electron chi connectivity index (χ1n) is 10.7. The van der Waals surface area contributed by atoms with Gasteiger partial charge in [-0.2, -0.15) is 0 Å². The minimum Gasteiger partial charge on any atom is -0.482 e. The molecule has 4 aromatic rings. The van der Waals surface area contributed by atoms with Gasteiger partial charge in [0, 0.05) is 22.4 Å². The first-order chi connectivity index (χ1) is 16.5. The third-order valence-electron chi connectivity index (χ3n) is 5.21. The predicted octanol–water partition coefficient (Wildman–Crippen LogP) is 4.82. The van der Waals surface area contributed by atoms with Gasteiger partial charge < -0.3 is 4.74 Å². The number of nitrogens with zero attached hydrogens (tertiary/aromatic N) is 4. The van der Waals surface area contributed by atoms with Crippen molar-refractivity contribution in [1.29, 1.82) is 0 Å². The molecule has 1 aliphatic rings. The standard InChI is InChI=1S/C24H21N5O3S2/c1-14(2)22-27-28-24(34-22)26-20(30)11-29-18-10-16(8-9-19(18)32-12-21(29)31)17-13-33-23(25-17)15-6-4-3-5-7-15/h3-10,13-14H,11-12H2,1-2H3,(H,26,28,30). The SMILES string of the molecule is CC(C)c1nnc(NC(=O)CN2C(=O)COc3ccc(-c4csc(-c5ccccc5)n4)cc32)s1. The van der Waals surface area contributed by atoms with E-state index in [-0.39, 0.29) is 30.9 Å². The van der Waals surface area contributed by atoms with E-state index in [0.717, 1.165) is 26.8 Å². The average Bonchev–Trinajstić information content (AvgIpc) is 3.52. The highest BCUT2D eigenvalue weighted by Crippen LogP contribution is 2.37. The number of carbonyl (C=O) groups is 2. The summed E-state index contributed by atoms with van der Waals surface area (Å²) in [5.74, 6) is 0.135. The predicted molar refractivity (Wildman–Crippen MR) is 133 cm³/mol. The molecule has 0 spiro atoms. The zero-order valence-electron chi connectivity index (χ0n) is 18.5. The molecule has 3 heterocycles. The summed E-state index contributed by atoms with van der Waals surface area (Å²) < 4.78 is 5.60. The van der Waals surface area contributed by atoms with Crippen LogP contribution >= 0.6 is 22.7 Å². The topological polar surface area (TPSA) is 97.3 Å². The Morgan fingerprint density at radius 3 is 2.74 bits per heavy atom. The normalized spacial score (nSPS) is 13.0. The second-order valence-corrected chi connectivity index (χ2v) is 9.87. The fourth-order valence-electron chi connectivity index (χ4n) is 3.48. The molecule has 5 rings (SSSR count). The Kier molecular flexibility index (Phi) is 6.08. The van der Waals surface area contributed by atoms with Gasteiger partial charge in [0.1, 0.15) is 22.3 Å². The van der Waals surface area contributed by atoms with Crippen LogP contribution in [-0.4, -0.2) is 40.1 Å². The molecule has 1 N–H and O–H groups in total. The van der Waals surface area contributed by atoms with Gasteiger partial charge in [-0.1, -0.05) is 55.5 Å². The molecule has 10 heteroatoms. The van der Waals surface area contributed by atoms with Crippen LogP contribution in [0.15, 0.2) is 53.9 Å². The molecule has 0 saturated heterocycles. The molecule has 1 aliphatic heterocycles. The van der Waals surface area contributed by atoms with E-state index in [1.165, 1.54) is 16.2 Å². The zero-order chi connectivity index (χ0) is 23.7. The summed E-state index contributed by atoms with van der Waals surface area (Å²) in [5, 5.41) is 15.0. The summed E-state index contributed by atoms with van der Waals surface area (Å²) in [4.78, 5) is 31.6. The Morgan fingerprint density at radius 1 is 1.15 bits per heavy atom. The first kappa shape index (κ1) is 22.2. The molecule has 2 amide bonds. The van der Waals surface area contributed by atoms with E-state index in [0.29, 0.717) is 16.6 Å². The highest BCUT2D eigenvalue weighted by atomic mass is 32.1. The van der Waals surface area contributed by atoms with E-state index in [1.54, 1.807) is 11.3 Å². The molecule has 34 heavy (non-hydrogen) atoms. The van der Waals surface area contributed by atoms with Crippen LogP contribution in [0.1, 0.15) is 24.8 Å². The number of thiazole rings is 1. The van der Waals surface area contributed by atoms with Crippen LogP contribution in [0.3, 0.4) is 0 Å². The maximum atomic E-state index is 12.7. The van der Waals surface area contributed by atoms with Crippen molar-refractivity contribution in [3.05, 3.63) is 58.9 Å². The van der Waals surface area contributed by atoms with Gasteiger partial charge in [-0.05, 0) is 18.2 Å². The molecule has 0 atom stereocenters. The van der Waals surface area contributed by atoms with Crippen molar-refractivity contribution in [2.75, 3.05) is 23.4 Å². The second-order valence-electron chi connectivity index (χ2n) is 8.00. The quantitative estimate of drug-likeness (QED) is 0.415. The van der Waals surface area contributed by atoms with Crippen LogP contribution in [0.25, 0.3) is 21.8 Å². The van der Waals surface area contributed by atoms with Crippen LogP contribution in [0.2, 0.25) is 0 Å². The zero-order valence-corrected chi connectivity index (χ0v) is 20.2. The van der Waals surface area contributed by atoms with Crippen LogP contribution in [0.4, 0.5) is 10.8 Å². The molecule has 172 valence electrons. The third kappa shape index (κ3) is 4.55. The first-order valence-corrected chi connectivity index (χ1v) is 12.4. The fraction of sp³-hybridized carbons (Fsp3) is 0.208. The van der Waals surface area contributed by atoms with Crippen molar-refractivity contribution >= 4 is 45.3 Å². The lowest BCUT2D eigenvalue weighted by Crippen LogP contribution is -2.43. The van der Waals surface area contributed by atoms with E-state index >= 15 is 0 Å². The number of hydrogen-bond acceptors (Lipinski definition) is 8. The Labute approximate surface area is 204 Å². The molecule has 2 aromatic carbocycles. The Bertz CT molecular complexity index is 1350. The molecule has 0 aliphatic carbocycles. The monoisotopic (exact) mass is 491 g/mol. The minimum atomic E-state index is -0.349. The van der Waals surface area contributed by atoms with E-state index in [9.17, 15) is 9.59 Å². The van der Waals surface area contributed by atoms with Crippen LogP contribution in [-0.2, 0) is 9.59 Å². The average molecular weight is 492 g/mol. The van der Waals surface area contributed by atoms with Crippen molar-refractivity contribution in [2.45, 2.75) is 19.8 Å². The van der Waals surface area contributed by atoms with Gasteiger partial charge in [0.15, 0.2) is 6.61 Å². The highest BCUT2D eigenvalue weighted by Gasteiger charge is 2.28. The molecule has 8 nitrogen and oxygen atoms in total. The molecule has 0 unspecified atom stereocenters. The molecule has 2 aromatic heterocycles. The van der Waals surface area contributed by atoms with Crippen LogP contribution < -0.4 is 15.0 Å². The summed E-state index contributed by atoms with van der Waals surface area (Å²) in [5.41, 5.74) is 3.22. The highest BCUT2D eigenvalue weighted by molar-refractivity contribution is 7.15. The number of anilines is 2. The number of aromatic nitrogens is 3. The summed E-state index contributed by atoms with van der Waals surface area (Å²) in [6.45, 7) is 3.75. The summed E-state index contributed by atoms with van der Waals surface area (Å²) in [6, 6.07) is 15.5. The third-order valence-corrected chi connectivity index (χ3v) is 7.24. The van der Waals surface area contributed by atoms with E-state index in [1.807, 2.05) is 67.8 Å². The van der Waals surface area contributed by atoms with Gasteiger partial charge in [-0.15, -0.1) is 21.5 Å². The molecule has 0 bridgehead atoms. The molecular formula is C24H21N5O3S2. The number of nitrogens with one attached hydrogen (secondary N) is 1. The number of benzene rings is 2. The van der Waals surface area contributed by atoms with Gasteiger partial charge in [0.25, 0.3) is 5.91 Å². The second kappa shape index (κ2) is 9.32. The maximum Gasteiger partial charge on any atom is 0.265 e. The van der Waals surface area contributed by atoms with Crippen molar-refractivity contribution in [3.8, 4) is 27.6 Å². The maximum absolute atomic E-state index is 12.7.